The molecule has 150 valence electrons. The van der Waals surface area contributed by atoms with E-state index in [1.54, 1.807) is 0 Å². The van der Waals surface area contributed by atoms with Gasteiger partial charge in [-0.05, 0) is 56.7 Å². The van der Waals surface area contributed by atoms with E-state index in [-0.39, 0.29) is 12.2 Å². The summed E-state index contributed by atoms with van der Waals surface area (Å²) in [7, 11) is 0. The van der Waals surface area contributed by atoms with Gasteiger partial charge in [-0.15, -0.1) is 0 Å². The number of rotatable bonds is 6. The van der Waals surface area contributed by atoms with Crippen LogP contribution in [0.25, 0.3) is 0 Å². The van der Waals surface area contributed by atoms with E-state index in [9.17, 15) is 0 Å². The molecule has 0 amide bonds. The van der Waals surface area contributed by atoms with Gasteiger partial charge in [-0.2, -0.15) is 0 Å². The molecule has 0 bridgehead atoms. The normalized spacial score (nSPS) is 17.6. The van der Waals surface area contributed by atoms with Gasteiger partial charge in [0.1, 0.15) is 11.6 Å². The summed E-state index contributed by atoms with van der Waals surface area (Å²) in [5.41, 5.74) is 7.88. The Morgan fingerprint density at radius 3 is 2.75 bits per heavy atom. The highest BCUT2D eigenvalue weighted by Gasteiger charge is 2.17. The van der Waals surface area contributed by atoms with Crippen molar-refractivity contribution in [3.05, 3.63) is 48.2 Å². The van der Waals surface area contributed by atoms with Crippen molar-refractivity contribution in [2.45, 2.75) is 39.5 Å². The van der Waals surface area contributed by atoms with Crippen LogP contribution in [0.15, 0.2) is 47.6 Å². The van der Waals surface area contributed by atoms with Gasteiger partial charge in [-0.1, -0.05) is 6.07 Å². The average molecular weight is 383 g/mol. The van der Waals surface area contributed by atoms with E-state index in [1.807, 2.05) is 56.4 Å². The molecule has 0 radical (unpaired) electrons. The zero-order valence-electron chi connectivity index (χ0n) is 16.8. The molecule has 1 aromatic carbocycles. The first kappa shape index (κ1) is 19.9. The molecule has 1 aromatic heterocycles. The zero-order valence-corrected chi connectivity index (χ0v) is 16.8. The molecule has 3 rings (SSSR count). The summed E-state index contributed by atoms with van der Waals surface area (Å²) in [5, 5.41) is 3.09. The Bertz CT molecular complexity index is 774. The van der Waals surface area contributed by atoms with Crippen LogP contribution in [0.2, 0.25) is 0 Å². The van der Waals surface area contributed by atoms with Crippen LogP contribution in [-0.4, -0.2) is 42.8 Å². The van der Waals surface area contributed by atoms with E-state index in [1.165, 1.54) is 0 Å². The quantitative estimate of drug-likeness (QED) is 0.589. The maximum Gasteiger partial charge on any atom is 0.193 e. The van der Waals surface area contributed by atoms with Crippen molar-refractivity contribution in [1.29, 1.82) is 0 Å². The fourth-order valence-corrected chi connectivity index (χ4v) is 2.98. The molecular weight excluding hydrogens is 354 g/mol. The van der Waals surface area contributed by atoms with Gasteiger partial charge in [0.05, 0.1) is 25.4 Å². The maximum atomic E-state index is 6.00. The van der Waals surface area contributed by atoms with Crippen LogP contribution in [0.3, 0.4) is 0 Å². The third-order valence-corrected chi connectivity index (χ3v) is 4.30. The number of aromatic nitrogens is 1. The molecule has 1 atom stereocenters. The van der Waals surface area contributed by atoms with Crippen LogP contribution in [0.1, 0.15) is 26.3 Å². The predicted molar refractivity (Wildman–Crippen MR) is 113 cm³/mol. The average Bonchev–Trinajstić information content (AvgIpc) is 2.68. The van der Waals surface area contributed by atoms with Crippen LogP contribution >= 0.6 is 0 Å². The first-order valence-electron chi connectivity index (χ1n) is 9.65. The Morgan fingerprint density at radius 1 is 1.32 bits per heavy atom. The molecule has 7 nitrogen and oxygen atoms in total. The number of aliphatic imine (C=N–C) groups is 1. The van der Waals surface area contributed by atoms with Crippen molar-refractivity contribution < 1.29 is 9.47 Å². The van der Waals surface area contributed by atoms with Crippen molar-refractivity contribution in [2.75, 3.05) is 29.9 Å². The highest BCUT2D eigenvalue weighted by molar-refractivity contribution is 5.92. The molecule has 0 saturated carbocycles. The second-order valence-corrected chi connectivity index (χ2v) is 7.17. The Morgan fingerprint density at radius 2 is 2.11 bits per heavy atom. The largest absolute Gasteiger partial charge is 0.491 e. The summed E-state index contributed by atoms with van der Waals surface area (Å²) in [6.07, 6.45) is 2.23. The summed E-state index contributed by atoms with van der Waals surface area (Å²) in [6.45, 7) is 9.02. The Labute approximate surface area is 166 Å². The standard InChI is InChI=1S/C21H29N5O2/c1-15(2)28-19-7-5-18(6-8-19)25-21(22)24-13-17-4-9-20(23-12-17)26-10-11-27-16(3)14-26/h4-9,12,15-16H,10-11,13-14H2,1-3H3,(H3,22,24,25). The SMILES string of the molecule is CC(C)Oc1ccc(NC(N)=NCc2ccc(N3CCOC(C)C3)nc2)cc1. The second kappa shape index (κ2) is 9.41. The fraction of sp³-hybridized carbons (Fsp3) is 0.429. The van der Waals surface area contributed by atoms with Crippen molar-refractivity contribution >= 4 is 17.5 Å². The van der Waals surface area contributed by atoms with Crippen molar-refractivity contribution in [3.8, 4) is 5.75 Å². The van der Waals surface area contributed by atoms with Crippen LogP contribution in [0.4, 0.5) is 11.5 Å². The number of nitrogens with two attached hydrogens (primary N) is 1. The van der Waals surface area contributed by atoms with Gasteiger partial charge in [0.2, 0.25) is 0 Å². The van der Waals surface area contributed by atoms with Crippen molar-refractivity contribution in [1.82, 2.24) is 4.98 Å². The zero-order chi connectivity index (χ0) is 19.9. The number of morpholine rings is 1. The number of pyridine rings is 1. The van der Waals surface area contributed by atoms with Gasteiger partial charge in [0, 0.05) is 25.0 Å². The molecule has 1 aliphatic rings. The summed E-state index contributed by atoms with van der Waals surface area (Å²) in [6, 6.07) is 11.7. The minimum absolute atomic E-state index is 0.150. The lowest BCUT2D eigenvalue weighted by molar-refractivity contribution is 0.0529. The molecule has 0 spiro atoms. The monoisotopic (exact) mass is 383 g/mol. The van der Waals surface area contributed by atoms with Crippen LogP contribution in [0, 0.1) is 0 Å². The number of hydrogen-bond donors (Lipinski definition) is 2. The number of guanidine groups is 1. The number of anilines is 2. The Balaban J connectivity index is 1.52. The molecule has 1 fully saturated rings. The van der Waals surface area contributed by atoms with Crippen molar-refractivity contribution in [3.63, 3.8) is 0 Å². The molecule has 7 heteroatoms. The highest BCUT2D eigenvalue weighted by atomic mass is 16.5. The fourth-order valence-electron chi connectivity index (χ4n) is 2.98. The van der Waals surface area contributed by atoms with E-state index in [2.05, 4.69) is 27.1 Å². The van der Waals surface area contributed by atoms with Gasteiger partial charge in [-0.3, -0.25) is 0 Å². The van der Waals surface area contributed by atoms with Crippen LogP contribution in [-0.2, 0) is 11.3 Å². The Kier molecular flexibility index (Phi) is 6.71. The minimum Gasteiger partial charge on any atom is -0.491 e. The van der Waals surface area contributed by atoms with Crippen molar-refractivity contribution in [2.24, 2.45) is 10.7 Å². The lowest BCUT2D eigenvalue weighted by Gasteiger charge is -2.32. The number of nitrogens with one attached hydrogen (secondary N) is 1. The highest BCUT2D eigenvalue weighted by Crippen LogP contribution is 2.17. The summed E-state index contributed by atoms with van der Waals surface area (Å²) >= 11 is 0. The molecule has 0 aliphatic carbocycles. The third-order valence-electron chi connectivity index (χ3n) is 4.30. The van der Waals surface area contributed by atoms with E-state index < -0.39 is 0 Å². The predicted octanol–water partition coefficient (Wildman–Crippen LogP) is 3.02. The molecule has 28 heavy (non-hydrogen) atoms. The lowest BCUT2D eigenvalue weighted by Crippen LogP contribution is -2.41. The first-order chi connectivity index (χ1) is 13.5. The number of ether oxygens (including phenoxy) is 2. The van der Waals surface area contributed by atoms with Gasteiger partial charge in [0.15, 0.2) is 5.96 Å². The van der Waals surface area contributed by atoms with Gasteiger partial charge in [-0.25, -0.2) is 9.98 Å². The van der Waals surface area contributed by atoms with E-state index >= 15 is 0 Å². The molecule has 1 aliphatic heterocycles. The minimum atomic E-state index is 0.150. The second-order valence-electron chi connectivity index (χ2n) is 7.17. The molecule has 2 heterocycles. The molecule has 1 saturated heterocycles. The van der Waals surface area contributed by atoms with E-state index in [4.69, 9.17) is 15.2 Å². The third kappa shape index (κ3) is 5.85. The summed E-state index contributed by atoms with van der Waals surface area (Å²) in [4.78, 5) is 11.2. The lowest BCUT2D eigenvalue weighted by atomic mass is 10.2. The van der Waals surface area contributed by atoms with Crippen LogP contribution < -0.4 is 20.7 Å². The van der Waals surface area contributed by atoms with Gasteiger partial charge >= 0.3 is 0 Å². The van der Waals surface area contributed by atoms with Crippen LogP contribution in [0.5, 0.6) is 5.75 Å². The van der Waals surface area contributed by atoms with Gasteiger partial charge in [0.25, 0.3) is 0 Å². The maximum absolute atomic E-state index is 6.00. The summed E-state index contributed by atoms with van der Waals surface area (Å²) in [5.74, 6) is 2.16. The first-order valence-corrected chi connectivity index (χ1v) is 9.65. The molecular formula is C21H29N5O2. The van der Waals surface area contributed by atoms with Gasteiger partial charge < -0.3 is 25.4 Å². The van der Waals surface area contributed by atoms with E-state index in [0.29, 0.717) is 12.5 Å². The van der Waals surface area contributed by atoms with E-state index in [0.717, 1.165) is 42.5 Å². The topological polar surface area (TPSA) is 85.0 Å². The number of hydrogen-bond acceptors (Lipinski definition) is 5. The smallest absolute Gasteiger partial charge is 0.193 e. The molecule has 1 unspecified atom stereocenters. The number of benzene rings is 1. The Hall–Kier alpha value is -2.80. The summed E-state index contributed by atoms with van der Waals surface area (Å²) < 4.78 is 11.2. The number of nitrogens with zero attached hydrogens (tertiary/aromatic N) is 3. The molecule has 2 aromatic rings. The molecule has 3 N–H and O–H groups in total.